The van der Waals surface area contributed by atoms with Crippen LogP contribution in [-0.2, 0) is 4.79 Å². The van der Waals surface area contributed by atoms with Gasteiger partial charge in [0.2, 0.25) is 0 Å². The van der Waals surface area contributed by atoms with Crippen LogP contribution >= 0.6 is 35.0 Å². The van der Waals surface area contributed by atoms with Gasteiger partial charge in [0.1, 0.15) is 0 Å². The van der Waals surface area contributed by atoms with Crippen molar-refractivity contribution in [3.05, 3.63) is 10.4 Å². The topological polar surface area (TPSA) is 37.3 Å². The molecule has 1 N–H and O–H groups in total. The number of carboxylic acid groups (broad SMARTS) is 1. The molecule has 0 fully saturated rings. The Morgan fingerprint density at radius 1 is 1.90 bits per heavy atom. The minimum absolute atomic E-state index is 0.204. The highest BCUT2D eigenvalue weighted by Gasteiger charge is 2.40. The number of aliphatic carboxylic acids is 1. The van der Waals surface area contributed by atoms with Crippen LogP contribution in [0.3, 0.4) is 0 Å². The van der Waals surface area contributed by atoms with Gasteiger partial charge >= 0.3 is 5.97 Å². The molecule has 1 aliphatic heterocycles. The fourth-order valence-electron chi connectivity index (χ4n) is 0.584. The second-order valence-corrected chi connectivity index (χ2v) is 4.42. The zero-order valence-electron chi connectivity index (χ0n) is 4.80. The average Bonchev–Trinajstić information content (AvgIpc) is 2.13. The predicted molar refractivity (Wildman–Crippen MR) is 42.4 cm³/mol. The number of hydrogen-bond acceptors (Lipinski definition) is 2. The molecule has 2 nitrogen and oxygen atoms in total. The zero-order valence-corrected chi connectivity index (χ0v) is 7.13. The van der Waals surface area contributed by atoms with Gasteiger partial charge in [0.05, 0.1) is 0 Å². The largest absolute Gasteiger partial charge is 0.479 e. The number of halogens is 2. The summed E-state index contributed by atoms with van der Waals surface area (Å²) < 4.78 is -1.25. The van der Waals surface area contributed by atoms with Gasteiger partial charge in [-0.2, -0.15) is 0 Å². The Balaban J connectivity index is 2.70. The standard InChI is InChI=1S/C5H4Cl2O2S/c6-3-1-5(7,4(8)9)10-2-3/h2H,1H2,(H,8,9). The van der Waals surface area contributed by atoms with E-state index in [1.807, 2.05) is 0 Å². The molecule has 0 amide bonds. The van der Waals surface area contributed by atoms with Crippen LogP contribution in [0.5, 0.6) is 0 Å². The molecule has 10 heavy (non-hydrogen) atoms. The summed E-state index contributed by atoms with van der Waals surface area (Å²) in [5, 5.41) is 10.6. The molecule has 1 atom stereocenters. The highest BCUT2D eigenvalue weighted by Crippen LogP contribution is 2.45. The van der Waals surface area contributed by atoms with E-state index in [-0.39, 0.29) is 6.42 Å². The lowest BCUT2D eigenvalue weighted by molar-refractivity contribution is -0.137. The average molecular weight is 199 g/mol. The SMILES string of the molecule is O=C(O)C1(Cl)CC(Cl)=CS1. The molecule has 1 unspecified atom stereocenters. The number of hydrogen-bond donors (Lipinski definition) is 1. The van der Waals surface area contributed by atoms with Crippen molar-refractivity contribution in [2.75, 3.05) is 0 Å². The number of rotatable bonds is 1. The highest BCUT2D eigenvalue weighted by atomic mass is 35.5. The van der Waals surface area contributed by atoms with Gasteiger partial charge in [-0.3, -0.25) is 0 Å². The first-order valence-corrected chi connectivity index (χ1v) is 4.13. The molecular formula is C5H4Cl2O2S. The van der Waals surface area contributed by atoms with Crippen LogP contribution in [-0.4, -0.2) is 15.3 Å². The third kappa shape index (κ3) is 1.41. The molecule has 0 bridgehead atoms. The number of alkyl halides is 1. The van der Waals surface area contributed by atoms with E-state index < -0.39 is 10.2 Å². The van der Waals surface area contributed by atoms with Crippen molar-refractivity contribution in [1.82, 2.24) is 0 Å². The summed E-state index contributed by atoms with van der Waals surface area (Å²) in [6.07, 6.45) is 0.204. The van der Waals surface area contributed by atoms with Gasteiger partial charge in [-0.05, 0) is 5.41 Å². The summed E-state index contributed by atoms with van der Waals surface area (Å²) in [7, 11) is 0. The zero-order chi connectivity index (χ0) is 7.78. The van der Waals surface area contributed by atoms with Gasteiger partial charge in [0, 0.05) is 11.5 Å². The van der Waals surface area contributed by atoms with Crippen molar-refractivity contribution in [3.63, 3.8) is 0 Å². The van der Waals surface area contributed by atoms with Gasteiger partial charge in [-0.15, -0.1) is 0 Å². The molecule has 0 aromatic carbocycles. The molecule has 0 saturated carbocycles. The second-order valence-electron chi connectivity index (χ2n) is 1.89. The molecule has 0 radical (unpaired) electrons. The summed E-state index contributed by atoms with van der Waals surface area (Å²) in [4.78, 5) is 10.4. The van der Waals surface area contributed by atoms with E-state index in [4.69, 9.17) is 28.3 Å². The molecule has 1 heterocycles. The van der Waals surface area contributed by atoms with Crippen molar-refractivity contribution >= 4 is 40.9 Å². The first kappa shape index (κ1) is 8.24. The lowest BCUT2D eigenvalue weighted by Crippen LogP contribution is -2.25. The van der Waals surface area contributed by atoms with E-state index in [1.54, 1.807) is 5.41 Å². The van der Waals surface area contributed by atoms with Gasteiger partial charge in [-0.25, -0.2) is 4.79 Å². The van der Waals surface area contributed by atoms with Crippen LogP contribution in [0.1, 0.15) is 6.42 Å². The molecule has 0 saturated heterocycles. The smallest absolute Gasteiger partial charge is 0.335 e. The third-order valence-electron chi connectivity index (χ3n) is 1.09. The minimum Gasteiger partial charge on any atom is -0.479 e. The van der Waals surface area contributed by atoms with Crippen molar-refractivity contribution in [1.29, 1.82) is 0 Å². The lowest BCUT2D eigenvalue weighted by Gasteiger charge is -2.12. The Hall–Kier alpha value is 0.140. The van der Waals surface area contributed by atoms with E-state index in [0.29, 0.717) is 5.03 Å². The second kappa shape index (κ2) is 2.64. The fraction of sp³-hybridized carbons (Fsp3) is 0.400. The van der Waals surface area contributed by atoms with E-state index in [0.717, 1.165) is 11.8 Å². The Labute approximate surface area is 72.2 Å². The van der Waals surface area contributed by atoms with Gasteiger partial charge in [0.15, 0.2) is 4.21 Å². The summed E-state index contributed by atoms with van der Waals surface area (Å²) in [6, 6.07) is 0. The maximum atomic E-state index is 10.4. The highest BCUT2D eigenvalue weighted by molar-refractivity contribution is 8.05. The monoisotopic (exact) mass is 198 g/mol. The first-order valence-electron chi connectivity index (χ1n) is 2.49. The fourth-order valence-corrected chi connectivity index (χ4v) is 2.08. The van der Waals surface area contributed by atoms with Crippen molar-refractivity contribution < 1.29 is 9.90 Å². The van der Waals surface area contributed by atoms with E-state index in [1.165, 1.54) is 0 Å². The molecule has 0 spiro atoms. The summed E-state index contributed by atoms with van der Waals surface area (Å²) in [6.45, 7) is 0. The lowest BCUT2D eigenvalue weighted by atomic mass is 10.3. The van der Waals surface area contributed by atoms with E-state index in [9.17, 15) is 4.79 Å². The molecule has 5 heteroatoms. The summed E-state index contributed by atoms with van der Waals surface area (Å²) >= 11 is 12.2. The third-order valence-corrected chi connectivity index (χ3v) is 3.12. The van der Waals surface area contributed by atoms with Crippen LogP contribution in [0.15, 0.2) is 10.4 Å². The molecule has 1 aliphatic rings. The summed E-state index contributed by atoms with van der Waals surface area (Å²) in [5.41, 5.74) is 0. The molecule has 1 rings (SSSR count). The number of carbonyl (C=O) groups is 1. The minimum atomic E-state index is -1.25. The van der Waals surface area contributed by atoms with Crippen LogP contribution in [0.2, 0.25) is 0 Å². The van der Waals surface area contributed by atoms with Crippen molar-refractivity contribution in [2.45, 2.75) is 10.6 Å². The van der Waals surface area contributed by atoms with Crippen LogP contribution < -0.4 is 0 Å². The normalized spacial score (nSPS) is 32.0. The maximum absolute atomic E-state index is 10.4. The van der Waals surface area contributed by atoms with Gasteiger partial charge < -0.3 is 5.11 Å². The Morgan fingerprint density at radius 2 is 2.50 bits per heavy atom. The van der Waals surface area contributed by atoms with Gasteiger partial charge in [-0.1, -0.05) is 35.0 Å². The first-order chi connectivity index (χ1) is 4.54. The van der Waals surface area contributed by atoms with E-state index in [2.05, 4.69) is 0 Å². The predicted octanol–water partition coefficient (Wildman–Crippen LogP) is 2.22. The van der Waals surface area contributed by atoms with Gasteiger partial charge in [0.25, 0.3) is 0 Å². The quantitative estimate of drug-likeness (QED) is 0.658. The summed E-state index contributed by atoms with van der Waals surface area (Å²) in [5.74, 6) is -1.04. The number of carboxylic acids is 1. The Bertz CT molecular complexity index is 204. The number of thioether (sulfide) groups is 1. The van der Waals surface area contributed by atoms with Crippen LogP contribution in [0.4, 0.5) is 0 Å². The molecular weight excluding hydrogens is 195 g/mol. The maximum Gasteiger partial charge on any atom is 0.335 e. The van der Waals surface area contributed by atoms with Crippen molar-refractivity contribution in [3.8, 4) is 0 Å². The van der Waals surface area contributed by atoms with Crippen molar-refractivity contribution in [2.24, 2.45) is 0 Å². The van der Waals surface area contributed by atoms with Crippen LogP contribution in [0.25, 0.3) is 0 Å². The molecule has 56 valence electrons. The molecule has 0 aromatic heterocycles. The van der Waals surface area contributed by atoms with Crippen LogP contribution in [0, 0.1) is 0 Å². The Kier molecular flexibility index (Phi) is 2.18. The number of allylic oxidation sites excluding steroid dienone is 1. The molecule has 0 aliphatic carbocycles. The van der Waals surface area contributed by atoms with E-state index >= 15 is 0 Å². The Morgan fingerprint density at radius 3 is 2.70 bits per heavy atom. The molecule has 0 aromatic rings.